The fraction of sp³-hybridized carbons (Fsp3) is 0.235. The average Bonchev–Trinajstić information content (AvgIpc) is 2.55. The molecule has 2 rings (SSSR count). The summed E-state index contributed by atoms with van der Waals surface area (Å²) in [6.45, 7) is 0.942. The number of ether oxygens (including phenoxy) is 1. The molecule has 5 heteroatoms. The SMILES string of the molecule is COc1ccccc1CNC(=O)NCCc1ccc(O)cc1. The van der Waals surface area contributed by atoms with Gasteiger partial charge < -0.3 is 20.5 Å². The maximum Gasteiger partial charge on any atom is 0.315 e. The summed E-state index contributed by atoms with van der Waals surface area (Å²) in [5.74, 6) is 0.998. The molecule has 0 radical (unpaired) electrons. The van der Waals surface area contributed by atoms with Crippen LogP contribution in [0.15, 0.2) is 48.5 Å². The highest BCUT2D eigenvalue weighted by Crippen LogP contribution is 2.16. The van der Waals surface area contributed by atoms with Gasteiger partial charge in [0.25, 0.3) is 0 Å². The second kappa shape index (κ2) is 7.93. The first-order chi connectivity index (χ1) is 10.7. The van der Waals surface area contributed by atoms with Gasteiger partial charge in [-0.2, -0.15) is 0 Å². The largest absolute Gasteiger partial charge is 0.508 e. The number of carbonyl (C=O) groups is 1. The van der Waals surface area contributed by atoms with Crippen LogP contribution in [0.2, 0.25) is 0 Å². The number of benzene rings is 2. The van der Waals surface area contributed by atoms with Gasteiger partial charge in [0.05, 0.1) is 7.11 Å². The first-order valence-electron chi connectivity index (χ1n) is 7.10. The van der Waals surface area contributed by atoms with Crippen LogP contribution >= 0.6 is 0 Å². The number of hydrogen-bond donors (Lipinski definition) is 3. The van der Waals surface area contributed by atoms with Crippen molar-refractivity contribution in [1.82, 2.24) is 10.6 Å². The molecule has 2 aromatic carbocycles. The fourth-order valence-electron chi connectivity index (χ4n) is 2.07. The van der Waals surface area contributed by atoms with Crippen molar-refractivity contribution in [3.8, 4) is 11.5 Å². The number of urea groups is 1. The normalized spacial score (nSPS) is 10.0. The van der Waals surface area contributed by atoms with Gasteiger partial charge in [-0.3, -0.25) is 0 Å². The van der Waals surface area contributed by atoms with Crippen LogP contribution in [-0.2, 0) is 13.0 Å². The minimum atomic E-state index is -0.218. The number of aromatic hydroxyl groups is 1. The Kier molecular flexibility index (Phi) is 5.65. The standard InChI is InChI=1S/C17H20N2O3/c1-22-16-5-3-2-4-14(16)12-19-17(21)18-11-10-13-6-8-15(20)9-7-13/h2-9,20H,10-12H2,1H3,(H2,18,19,21). The second-order valence-corrected chi connectivity index (χ2v) is 4.84. The maximum absolute atomic E-state index is 11.8. The number of phenols is 1. The molecule has 3 N–H and O–H groups in total. The van der Waals surface area contributed by atoms with E-state index in [0.717, 1.165) is 16.9 Å². The van der Waals surface area contributed by atoms with E-state index in [0.29, 0.717) is 19.5 Å². The van der Waals surface area contributed by atoms with Crippen molar-refractivity contribution < 1.29 is 14.6 Å². The topological polar surface area (TPSA) is 70.6 Å². The average molecular weight is 300 g/mol. The van der Waals surface area contributed by atoms with Crippen molar-refractivity contribution >= 4 is 6.03 Å². The number of amides is 2. The molecule has 0 saturated carbocycles. The van der Waals surface area contributed by atoms with Crippen LogP contribution in [0.5, 0.6) is 11.5 Å². The number of nitrogens with one attached hydrogen (secondary N) is 2. The number of carbonyl (C=O) groups excluding carboxylic acids is 1. The van der Waals surface area contributed by atoms with Crippen LogP contribution in [0.1, 0.15) is 11.1 Å². The summed E-state index contributed by atoms with van der Waals surface area (Å²) >= 11 is 0. The summed E-state index contributed by atoms with van der Waals surface area (Å²) in [6, 6.07) is 14.3. The minimum Gasteiger partial charge on any atom is -0.508 e. The lowest BCUT2D eigenvalue weighted by atomic mass is 10.1. The Labute approximate surface area is 129 Å². The molecule has 116 valence electrons. The predicted octanol–water partition coefficient (Wildman–Crippen LogP) is 2.44. The lowest BCUT2D eigenvalue weighted by molar-refractivity contribution is 0.240. The Hall–Kier alpha value is -2.69. The van der Waals surface area contributed by atoms with E-state index in [1.165, 1.54) is 0 Å². The van der Waals surface area contributed by atoms with E-state index in [9.17, 15) is 9.90 Å². The first kappa shape index (κ1) is 15.7. The molecular formula is C17H20N2O3. The van der Waals surface area contributed by atoms with Crippen LogP contribution in [0.25, 0.3) is 0 Å². The Bertz CT molecular complexity index is 612. The molecule has 0 aliphatic heterocycles. The zero-order valence-electron chi connectivity index (χ0n) is 12.5. The van der Waals surface area contributed by atoms with Crippen LogP contribution in [-0.4, -0.2) is 24.8 Å². The highest BCUT2D eigenvalue weighted by atomic mass is 16.5. The summed E-state index contributed by atoms with van der Waals surface area (Å²) in [6.07, 6.45) is 0.711. The molecule has 22 heavy (non-hydrogen) atoms. The highest BCUT2D eigenvalue weighted by Gasteiger charge is 2.04. The van der Waals surface area contributed by atoms with Crippen molar-refractivity contribution in [2.45, 2.75) is 13.0 Å². The quantitative estimate of drug-likeness (QED) is 0.767. The fourth-order valence-corrected chi connectivity index (χ4v) is 2.07. The van der Waals surface area contributed by atoms with Crippen LogP contribution in [0, 0.1) is 0 Å². The number of rotatable bonds is 6. The third kappa shape index (κ3) is 4.70. The van der Waals surface area contributed by atoms with Crippen molar-refractivity contribution in [2.75, 3.05) is 13.7 Å². The summed E-state index contributed by atoms with van der Waals surface area (Å²) in [5, 5.41) is 14.8. The Morgan fingerprint density at radius 2 is 1.82 bits per heavy atom. The van der Waals surface area contributed by atoms with E-state index in [2.05, 4.69) is 10.6 Å². The van der Waals surface area contributed by atoms with Crippen LogP contribution in [0.3, 0.4) is 0 Å². The molecule has 0 heterocycles. The van der Waals surface area contributed by atoms with Gasteiger partial charge in [-0.25, -0.2) is 4.79 Å². The molecular weight excluding hydrogens is 280 g/mol. The number of methoxy groups -OCH3 is 1. The molecule has 0 unspecified atom stereocenters. The molecule has 0 aliphatic rings. The third-order valence-electron chi connectivity index (χ3n) is 3.27. The van der Waals surface area contributed by atoms with Crippen molar-refractivity contribution in [2.24, 2.45) is 0 Å². The van der Waals surface area contributed by atoms with Gasteiger partial charge in [0.15, 0.2) is 0 Å². The molecule has 0 aliphatic carbocycles. The van der Waals surface area contributed by atoms with E-state index in [4.69, 9.17) is 4.74 Å². The number of phenolic OH excluding ortho intramolecular Hbond substituents is 1. The lowest BCUT2D eigenvalue weighted by Crippen LogP contribution is -2.36. The van der Waals surface area contributed by atoms with E-state index in [1.54, 1.807) is 19.2 Å². The molecule has 5 nitrogen and oxygen atoms in total. The highest BCUT2D eigenvalue weighted by molar-refractivity contribution is 5.73. The number of para-hydroxylation sites is 1. The molecule has 2 amide bonds. The first-order valence-corrected chi connectivity index (χ1v) is 7.10. The molecule has 0 fully saturated rings. The van der Waals surface area contributed by atoms with Gasteiger partial charge in [-0.05, 0) is 30.2 Å². The lowest BCUT2D eigenvalue weighted by Gasteiger charge is -2.10. The van der Waals surface area contributed by atoms with Crippen molar-refractivity contribution in [3.63, 3.8) is 0 Å². The molecule has 0 aromatic heterocycles. The van der Waals surface area contributed by atoms with E-state index in [-0.39, 0.29) is 11.8 Å². The smallest absolute Gasteiger partial charge is 0.315 e. The minimum absolute atomic E-state index is 0.218. The molecule has 2 aromatic rings. The van der Waals surface area contributed by atoms with E-state index >= 15 is 0 Å². The molecule has 0 spiro atoms. The predicted molar refractivity (Wildman–Crippen MR) is 85.0 cm³/mol. The van der Waals surface area contributed by atoms with Gasteiger partial charge in [0.2, 0.25) is 0 Å². The molecule has 0 saturated heterocycles. The summed E-state index contributed by atoms with van der Waals surface area (Å²) in [4.78, 5) is 11.8. The Balaban J connectivity index is 1.73. The van der Waals surface area contributed by atoms with Gasteiger partial charge in [0.1, 0.15) is 11.5 Å². The van der Waals surface area contributed by atoms with Gasteiger partial charge in [-0.15, -0.1) is 0 Å². The summed E-state index contributed by atoms with van der Waals surface area (Å²) in [5.41, 5.74) is 1.99. The monoisotopic (exact) mass is 300 g/mol. The zero-order chi connectivity index (χ0) is 15.8. The van der Waals surface area contributed by atoms with Gasteiger partial charge in [-0.1, -0.05) is 30.3 Å². The van der Waals surface area contributed by atoms with E-state index in [1.807, 2.05) is 36.4 Å². The van der Waals surface area contributed by atoms with E-state index < -0.39 is 0 Å². The Morgan fingerprint density at radius 3 is 2.55 bits per heavy atom. The Morgan fingerprint density at radius 1 is 1.09 bits per heavy atom. The van der Waals surface area contributed by atoms with Gasteiger partial charge in [0, 0.05) is 18.7 Å². The molecule has 0 atom stereocenters. The molecule has 0 bridgehead atoms. The second-order valence-electron chi connectivity index (χ2n) is 4.84. The maximum atomic E-state index is 11.8. The summed E-state index contributed by atoms with van der Waals surface area (Å²) in [7, 11) is 1.61. The van der Waals surface area contributed by atoms with Crippen molar-refractivity contribution in [1.29, 1.82) is 0 Å². The van der Waals surface area contributed by atoms with Crippen molar-refractivity contribution in [3.05, 3.63) is 59.7 Å². The van der Waals surface area contributed by atoms with Gasteiger partial charge >= 0.3 is 6.03 Å². The number of hydrogen-bond acceptors (Lipinski definition) is 3. The summed E-state index contributed by atoms with van der Waals surface area (Å²) < 4.78 is 5.23. The van der Waals surface area contributed by atoms with Crippen LogP contribution < -0.4 is 15.4 Å². The zero-order valence-corrected chi connectivity index (χ0v) is 12.5. The van der Waals surface area contributed by atoms with Crippen LogP contribution in [0.4, 0.5) is 4.79 Å². The third-order valence-corrected chi connectivity index (χ3v) is 3.27.